The van der Waals surface area contributed by atoms with E-state index in [2.05, 4.69) is 18.9 Å². The summed E-state index contributed by atoms with van der Waals surface area (Å²) in [7, 11) is 2.00. The Balaban J connectivity index is 0. The van der Waals surface area contributed by atoms with Gasteiger partial charge in [0, 0.05) is 19.2 Å². The number of hydrazone groups is 1. The Hall–Kier alpha value is -0.530. The lowest BCUT2D eigenvalue weighted by molar-refractivity contribution is 0.272. The Morgan fingerprint density at radius 2 is 1.50 bits per heavy atom. The summed E-state index contributed by atoms with van der Waals surface area (Å²) < 4.78 is 0. The normalized spacial score (nSPS) is 25.4. The van der Waals surface area contributed by atoms with E-state index in [1.54, 1.807) is 0 Å². The molecule has 0 amide bonds. The van der Waals surface area contributed by atoms with Crippen LogP contribution in [-0.4, -0.2) is 24.3 Å². The van der Waals surface area contributed by atoms with Crippen LogP contribution in [0.1, 0.15) is 41.5 Å². The molecule has 1 aliphatic rings. The molecule has 2 atom stereocenters. The van der Waals surface area contributed by atoms with Crippen molar-refractivity contribution >= 4 is 6.21 Å². The zero-order valence-electron chi connectivity index (χ0n) is 9.63. The minimum Gasteiger partial charge on any atom is -0.297 e. The van der Waals surface area contributed by atoms with Crippen LogP contribution in [0.3, 0.4) is 0 Å². The molecule has 0 saturated carbocycles. The fourth-order valence-corrected chi connectivity index (χ4v) is 0.780. The van der Waals surface area contributed by atoms with E-state index < -0.39 is 0 Å². The molecule has 0 radical (unpaired) electrons. The molecule has 0 bridgehead atoms. The molecule has 1 rings (SSSR count). The smallest absolute Gasteiger partial charge is 0.0514 e. The number of hydrogen-bond acceptors (Lipinski definition) is 2. The van der Waals surface area contributed by atoms with E-state index in [-0.39, 0.29) is 0 Å². The fourth-order valence-electron chi connectivity index (χ4n) is 0.780. The van der Waals surface area contributed by atoms with Crippen molar-refractivity contribution in [2.24, 2.45) is 11.0 Å². The molecule has 0 N–H and O–H groups in total. The van der Waals surface area contributed by atoms with Crippen molar-refractivity contribution in [2.45, 2.75) is 47.6 Å². The third-order valence-corrected chi connectivity index (χ3v) is 1.83. The first-order valence-corrected chi connectivity index (χ1v) is 4.98. The molecule has 2 unspecified atom stereocenters. The molecule has 0 aromatic rings. The molecule has 0 aromatic heterocycles. The first kappa shape index (κ1) is 14.0. The minimum absolute atomic E-state index is 0.593. The summed E-state index contributed by atoms with van der Waals surface area (Å²) >= 11 is 0. The van der Waals surface area contributed by atoms with Crippen molar-refractivity contribution in [3.8, 4) is 0 Å². The predicted molar refractivity (Wildman–Crippen MR) is 57.6 cm³/mol. The molecule has 12 heavy (non-hydrogen) atoms. The average molecular weight is 172 g/mol. The fraction of sp³-hybridized carbons (Fsp3) is 0.900. The van der Waals surface area contributed by atoms with Crippen molar-refractivity contribution in [1.82, 2.24) is 5.01 Å². The molecular formula is C10H24N2. The topological polar surface area (TPSA) is 15.6 Å². The minimum atomic E-state index is 0.593. The second kappa shape index (κ2) is 8.57. The van der Waals surface area contributed by atoms with Crippen LogP contribution < -0.4 is 0 Å². The molecule has 0 spiro atoms. The summed E-state index contributed by atoms with van der Waals surface area (Å²) in [5.74, 6) is 0.625. The van der Waals surface area contributed by atoms with Gasteiger partial charge in [-0.3, -0.25) is 5.01 Å². The highest BCUT2D eigenvalue weighted by atomic mass is 15.5. The third-order valence-electron chi connectivity index (χ3n) is 1.83. The summed E-state index contributed by atoms with van der Waals surface area (Å²) in [6.45, 7) is 12.4. The van der Waals surface area contributed by atoms with Crippen LogP contribution in [-0.2, 0) is 0 Å². The molecule has 1 heterocycles. The monoisotopic (exact) mass is 172 g/mol. The van der Waals surface area contributed by atoms with Crippen LogP contribution in [0.25, 0.3) is 0 Å². The number of hydrogen-bond donors (Lipinski definition) is 0. The van der Waals surface area contributed by atoms with Gasteiger partial charge in [-0.25, -0.2) is 0 Å². The zero-order valence-corrected chi connectivity index (χ0v) is 9.63. The van der Waals surface area contributed by atoms with Gasteiger partial charge in [-0.1, -0.05) is 34.6 Å². The first-order chi connectivity index (χ1) is 5.72. The molecule has 74 valence electrons. The summed E-state index contributed by atoms with van der Waals surface area (Å²) in [5.41, 5.74) is 0. The van der Waals surface area contributed by atoms with Gasteiger partial charge in [0.25, 0.3) is 0 Å². The Kier molecular flexibility index (Phi) is 10.0. The molecule has 0 aliphatic carbocycles. The van der Waals surface area contributed by atoms with Gasteiger partial charge in [0.15, 0.2) is 0 Å². The number of nitrogens with zero attached hydrogens (tertiary/aromatic N) is 2. The van der Waals surface area contributed by atoms with E-state index in [4.69, 9.17) is 0 Å². The maximum Gasteiger partial charge on any atom is 0.0514 e. The lowest BCUT2D eigenvalue weighted by atomic mass is 10.1. The van der Waals surface area contributed by atoms with Crippen LogP contribution in [0, 0.1) is 5.92 Å². The van der Waals surface area contributed by atoms with Gasteiger partial charge < -0.3 is 0 Å². The molecule has 0 aromatic carbocycles. The highest BCUT2D eigenvalue weighted by molar-refractivity contribution is 5.62. The molecular weight excluding hydrogens is 148 g/mol. The van der Waals surface area contributed by atoms with E-state index in [0.29, 0.717) is 12.0 Å². The molecule has 1 aliphatic heterocycles. The second-order valence-electron chi connectivity index (χ2n) is 2.44. The first-order valence-electron chi connectivity index (χ1n) is 4.98. The summed E-state index contributed by atoms with van der Waals surface area (Å²) in [5, 5.41) is 6.10. The van der Waals surface area contributed by atoms with Crippen LogP contribution in [0.15, 0.2) is 5.10 Å². The standard InChI is InChI=1S/C6H12N2.2C2H6/c1-5-4-7-8(3)6(5)2;2*1-2/h4-6H,1-3H3;2*1-2H3. The Labute approximate surface area is 77.7 Å². The van der Waals surface area contributed by atoms with Crippen molar-refractivity contribution < 1.29 is 0 Å². The van der Waals surface area contributed by atoms with Gasteiger partial charge in [-0.15, -0.1) is 0 Å². The lowest BCUT2D eigenvalue weighted by Crippen LogP contribution is -2.23. The van der Waals surface area contributed by atoms with Gasteiger partial charge in [0.2, 0.25) is 0 Å². The van der Waals surface area contributed by atoms with Crippen molar-refractivity contribution in [2.75, 3.05) is 7.05 Å². The van der Waals surface area contributed by atoms with Gasteiger partial charge in [0.05, 0.1) is 6.04 Å². The maximum atomic E-state index is 4.11. The third kappa shape index (κ3) is 4.37. The van der Waals surface area contributed by atoms with Gasteiger partial charge in [-0.2, -0.15) is 5.10 Å². The number of rotatable bonds is 0. The lowest BCUT2D eigenvalue weighted by Gasteiger charge is -2.16. The van der Waals surface area contributed by atoms with Gasteiger partial charge >= 0.3 is 0 Å². The van der Waals surface area contributed by atoms with Gasteiger partial charge in [0.1, 0.15) is 0 Å². The van der Waals surface area contributed by atoms with Crippen molar-refractivity contribution in [1.29, 1.82) is 0 Å². The van der Waals surface area contributed by atoms with E-state index in [1.807, 2.05) is 46.0 Å². The summed E-state index contributed by atoms with van der Waals surface area (Å²) in [4.78, 5) is 0. The SMILES string of the molecule is CC.CC.CC1C=NN(C)C1C. The van der Waals surface area contributed by atoms with Crippen molar-refractivity contribution in [3.63, 3.8) is 0 Å². The van der Waals surface area contributed by atoms with Crippen molar-refractivity contribution in [3.05, 3.63) is 0 Å². The maximum absolute atomic E-state index is 4.11. The van der Waals surface area contributed by atoms with Crippen LogP contribution in [0.5, 0.6) is 0 Å². The molecule has 0 saturated heterocycles. The van der Waals surface area contributed by atoms with Crippen LogP contribution in [0.4, 0.5) is 0 Å². The van der Waals surface area contributed by atoms with Gasteiger partial charge in [-0.05, 0) is 6.92 Å². The Morgan fingerprint density at radius 3 is 1.58 bits per heavy atom. The van der Waals surface area contributed by atoms with Crippen LogP contribution >= 0.6 is 0 Å². The van der Waals surface area contributed by atoms with E-state index in [9.17, 15) is 0 Å². The Morgan fingerprint density at radius 1 is 1.08 bits per heavy atom. The highest BCUT2D eigenvalue weighted by Crippen LogP contribution is 2.12. The second-order valence-corrected chi connectivity index (χ2v) is 2.44. The Bertz CT molecular complexity index is 98.4. The molecule has 0 fully saturated rings. The van der Waals surface area contributed by atoms with E-state index >= 15 is 0 Å². The average Bonchev–Trinajstić information content (AvgIpc) is 2.43. The largest absolute Gasteiger partial charge is 0.297 e. The zero-order chi connectivity index (χ0) is 10.1. The quantitative estimate of drug-likeness (QED) is 0.548. The predicted octanol–water partition coefficient (Wildman–Crippen LogP) is 2.99. The molecule has 2 heteroatoms. The van der Waals surface area contributed by atoms with E-state index in [0.717, 1.165) is 0 Å². The highest BCUT2D eigenvalue weighted by Gasteiger charge is 2.18. The van der Waals surface area contributed by atoms with Crippen LogP contribution in [0.2, 0.25) is 0 Å². The molecule has 2 nitrogen and oxygen atoms in total. The summed E-state index contributed by atoms with van der Waals surface area (Å²) in [6, 6.07) is 0.593. The van der Waals surface area contributed by atoms with E-state index in [1.165, 1.54) is 0 Å². The summed E-state index contributed by atoms with van der Waals surface area (Å²) in [6.07, 6.45) is 1.99.